The molecule has 5 heteroatoms. The Hall–Kier alpha value is -1.75. The second-order valence-corrected chi connectivity index (χ2v) is 3.88. The van der Waals surface area contributed by atoms with Gasteiger partial charge in [-0.1, -0.05) is 24.4 Å². The fourth-order valence-corrected chi connectivity index (χ4v) is 1.83. The number of carboxylic acids is 1. The van der Waals surface area contributed by atoms with Gasteiger partial charge in [0.05, 0.1) is 4.99 Å². The third-order valence-corrected chi connectivity index (χ3v) is 2.56. The molecule has 0 bridgehead atoms. The smallest absolute Gasteiger partial charge is 0.352 e. The maximum Gasteiger partial charge on any atom is 0.352 e. The Morgan fingerprint density at radius 2 is 2.00 bits per heavy atom. The van der Waals surface area contributed by atoms with Crippen molar-refractivity contribution in [2.24, 2.45) is 0 Å². The zero-order chi connectivity index (χ0) is 11.7. The zero-order valence-corrected chi connectivity index (χ0v) is 8.97. The van der Waals surface area contributed by atoms with E-state index in [0.29, 0.717) is 22.5 Å². The van der Waals surface area contributed by atoms with E-state index in [1.54, 1.807) is 12.1 Å². The quantitative estimate of drug-likeness (QED) is 0.772. The van der Waals surface area contributed by atoms with Crippen LogP contribution in [0.2, 0.25) is 0 Å². The van der Waals surface area contributed by atoms with Crippen molar-refractivity contribution in [3.63, 3.8) is 0 Å². The molecule has 2 rings (SSSR count). The molecule has 1 aliphatic heterocycles. The number of rotatable bonds is 2. The van der Waals surface area contributed by atoms with E-state index >= 15 is 0 Å². The van der Waals surface area contributed by atoms with Crippen molar-refractivity contribution in [3.05, 3.63) is 41.3 Å². The van der Waals surface area contributed by atoms with Gasteiger partial charge in [0.2, 0.25) is 0 Å². The van der Waals surface area contributed by atoms with Crippen molar-refractivity contribution in [3.8, 4) is 0 Å². The first-order valence-electron chi connectivity index (χ1n) is 4.60. The molecular weight excluding hydrogens is 229 g/mol. The Kier molecular flexibility index (Phi) is 2.70. The van der Waals surface area contributed by atoms with E-state index in [0.717, 1.165) is 0 Å². The summed E-state index contributed by atoms with van der Waals surface area (Å²) >= 11 is 4.93. The molecule has 0 saturated carbocycles. The lowest BCUT2D eigenvalue weighted by molar-refractivity contribution is -0.132. The van der Waals surface area contributed by atoms with Gasteiger partial charge >= 0.3 is 5.97 Å². The minimum absolute atomic E-state index is 0.0802. The van der Waals surface area contributed by atoms with Gasteiger partial charge in [0.1, 0.15) is 11.5 Å². The summed E-state index contributed by atoms with van der Waals surface area (Å²) in [7, 11) is 0. The molecule has 16 heavy (non-hydrogen) atoms. The van der Waals surface area contributed by atoms with Crippen LogP contribution in [0.4, 0.5) is 4.39 Å². The van der Waals surface area contributed by atoms with Crippen LogP contribution in [-0.4, -0.2) is 16.1 Å². The van der Waals surface area contributed by atoms with E-state index in [9.17, 15) is 9.18 Å². The fraction of sp³-hybridized carbons (Fsp3) is 0.0909. The Bertz CT molecular complexity index is 493. The second kappa shape index (κ2) is 4.02. The summed E-state index contributed by atoms with van der Waals surface area (Å²) in [6.07, 6.45) is 0.378. The molecule has 1 aromatic rings. The molecule has 0 spiro atoms. The minimum Gasteiger partial charge on any atom is -0.477 e. The number of thiocarbonyl (C=S) groups is 1. The first kappa shape index (κ1) is 10.8. The van der Waals surface area contributed by atoms with Crippen LogP contribution in [0.25, 0.3) is 5.57 Å². The standard InChI is InChI=1S/C11H8FNO2S/c12-7-3-1-6(2-4-7)8-5-9(16)13-10(8)11(14)15/h1-4H,5H2,(H,13,16)(H,14,15). The van der Waals surface area contributed by atoms with Crippen LogP contribution in [-0.2, 0) is 4.79 Å². The molecule has 0 unspecified atom stereocenters. The van der Waals surface area contributed by atoms with Gasteiger partial charge in [-0.3, -0.25) is 0 Å². The van der Waals surface area contributed by atoms with E-state index in [-0.39, 0.29) is 11.5 Å². The molecule has 0 atom stereocenters. The third kappa shape index (κ3) is 1.94. The molecule has 1 aliphatic rings. The van der Waals surface area contributed by atoms with Crippen LogP contribution in [0.15, 0.2) is 30.0 Å². The van der Waals surface area contributed by atoms with Crippen LogP contribution >= 0.6 is 12.2 Å². The number of halogens is 1. The van der Waals surface area contributed by atoms with Crippen molar-refractivity contribution in [2.75, 3.05) is 0 Å². The summed E-state index contributed by atoms with van der Waals surface area (Å²) < 4.78 is 12.7. The summed E-state index contributed by atoms with van der Waals surface area (Å²) in [4.78, 5) is 11.4. The lowest BCUT2D eigenvalue weighted by Gasteiger charge is -2.02. The van der Waals surface area contributed by atoms with E-state index in [2.05, 4.69) is 5.32 Å². The van der Waals surface area contributed by atoms with Crippen molar-refractivity contribution in [2.45, 2.75) is 6.42 Å². The highest BCUT2D eigenvalue weighted by atomic mass is 32.1. The molecule has 2 N–H and O–H groups in total. The summed E-state index contributed by atoms with van der Waals surface area (Å²) in [5, 5.41) is 11.6. The van der Waals surface area contributed by atoms with Crippen molar-refractivity contribution in [1.29, 1.82) is 0 Å². The molecule has 1 aromatic carbocycles. The fourth-order valence-electron chi connectivity index (χ4n) is 1.59. The Morgan fingerprint density at radius 3 is 2.56 bits per heavy atom. The predicted octanol–water partition coefficient (Wildman–Crippen LogP) is 1.94. The minimum atomic E-state index is -1.06. The van der Waals surface area contributed by atoms with Crippen LogP contribution < -0.4 is 5.32 Å². The molecule has 82 valence electrons. The predicted molar refractivity (Wildman–Crippen MR) is 61.3 cm³/mol. The third-order valence-electron chi connectivity index (χ3n) is 2.31. The maximum atomic E-state index is 12.7. The Balaban J connectivity index is 2.45. The van der Waals surface area contributed by atoms with Gasteiger partial charge in [-0.15, -0.1) is 0 Å². The molecule has 3 nitrogen and oxygen atoms in total. The van der Waals surface area contributed by atoms with Crippen LogP contribution in [0, 0.1) is 5.82 Å². The van der Waals surface area contributed by atoms with Gasteiger partial charge in [-0.05, 0) is 23.3 Å². The average molecular weight is 237 g/mol. The van der Waals surface area contributed by atoms with Crippen molar-refractivity contribution < 1.29 is 14.3 Å². The SMILES string of the molecule is O=C(O)C1=C(c2ccc(F)cc2)CC(=S)N1. The molecular formula is C11H8FNO2S. The van der Waals surface area contributed by atoms with Gasteiger partial charge in [0.25, 0.3) is 0 Å². The summed E-state index contributed by atoms with van der Waals surface area (Å²) in [5.74, 6) is -1.41. The average Bonchev–Trinajstić information content (AvgIpc) is 2.61. The Labute approximate surface area is 96.6 Å². The van der Waals surface area contributed by atoms with Gasteiger partial charge in [-0.2, -0.15) is 0 Å². The summed E-state index contributed by atoms with van der Waals surface area (Å²) in [6.45, 7) is 0. The summed E-state index contributed by atoms with van der Waals surface area (Å²) in [5.41, 5.74) is 1.35. The first-order chi connectivity index (χ1) is 7.58. The van der Waals surface area contributed by atoms with E-state index in [1.807, 2.05) is 0 Å². The van der Waals surface area contributed by atoms with E-state index < -0.39 is 5.97 Å². The van der Waals surface area contributed by atoms with Gasteiger partial charge in [0.15, 0.2) is 0 Å². The number of aliphatic carboxylic acids is 1. The van der Waals surface area contributed by atoms with Crippen molar-refractivity contribution >= 4 is 28.7 Å². The largest absolute Gasteiger partial charge is 0.477 e. The van der Waals surface area contributed by atoms with Gasteiger partial charge < -0.3 is 10.4 Å². The number of benzene rings is 1. The number of hydrogen-bond acceptors (Lipinski definition) is 2. The van der Waals surface area contributed by atoms with Gasteiger partial charge in [-0.25, -0.2) is 9.18 Å². The van der Waals surface area contributed by atoms with Crippen LogP contribution in [0.1, 0.15) is 12.0 Å². The molecule has 0 aliphatic carbocycles. The summed E-state index contributed by atoms with van der Waals surface area (Å²) in [6, 6.07) is 5.68. The van der Waals surface area contributed by atoms with Gasteiger partial charge in [0, 0.05) is 6.42 Å². The van der Waals surface area contributed by atoms with E-state index in [1.165, 1.54) is 12.1 Å². The van der Waals surface area contributed by atoms with Crippen LogP contribution in [0.3, 0.4) is 0 Å². The zero-order valence-electron chi connectivity index (χ0n) is 8.16. The molecule has 0 aromatic heterocycles. The lowest BCUT2D eigenvalue weighted by Crippen LogP contribution is -2.19. The number of hydrogen-bond donors (Lipinski definition) is 2. The molecule has 0 amide bonds. The Morgan fingerprint density at radius 1 is 1.38 bits per heavy atom. The highest BCUT2D eigenvalue weighted by molar-refractivity contribution is 7.80. The molecule has 1 heterocycles. The molecule has 0 saturated heterocycles. The monoisotopic (exact) mass is 237 g/mol. The maximum absolute atomic E-state index is 12.7. The van der Waals surface area contributed by atoms with Crippen LogP contribution in [0.5, 0.6) is 0 Å². The number of carboxylic acid groups (broad SMARTS) is 1. The highest BCUT2D eigenvalue weighted by Crippen LogP contribution is 2.26. The topological polar surface area (TPSA) is 49.3 Å². The molecule has 0 fully saturated rings. The number of nitrogens with one attached hydrogen (secondary N) is 1. The normalized spacial score (nSPS) is 15.2. The number of carbonyl (C=O) groups is 1. The molecule has 0 radical (unpaired) electrons. The first-order valence-corrected chi connectivity index (χ1v) is 5.01. The second-order valence-electron chi connectivity index (χ2n) is 3.39. The lowest BCUT2D eigenvalue weighted by atomic mass is 10.0. The van der Waals surface area contributed by atoms with E-state index in [4.69, 9.17) is 17.3 Å². The van der Waals surface area contributed by atoms with Crippen molar-refractivity contribution in [1.82, 2.24) is 5.32 Å². The highest BCUT2D eigenvalue weighted by Gasteiger charge is 2.24.